The standard InChI is InChI=1S/C20H30N4OS/c1-6-21-20(22-11-10-19-24-15(4)16(5)26-19)23-13-17-8-9-18(25-7-2)14(3)12-17/h8-9,12H,6-7,10-11,13H2,1-5H3,(H2,21,22,23). The third-order valence-electron chi connectivity index (χ3n) is 4.01. The number of aromatic nitrogens is 1. The fourth-order valence-corrected chi connectivity index (χ4v) is 3.51. The summed E-state index contributed by atoms with van der Waals surface area (Å²) in [6, 6.07) is 6.24. The SMILES string of the molecule is CCNC(=NCc1ccc(OCC)c(C)c1)NCCc1nc(C)c(C)s1. The van der Waals surface area contributed by atoms with Crippen LogP contribution >= 0.6 is 11.3 Å². The maximum absolute atomic E-state index is 5.60. The first-order valence-electron chi connectivity index (χ1n) is 9.20. The zero-order valence-corrected chi connectivity index (χ0v) is 17.3. The molecule has 0 aliphatic rings. The van der Waals surface area contributed by atoms with E-state index in [4.69, 9.17) is 9.73 Å². The van der Waals surface area contributed by atoms with Crippen molar-refractivity contribution >= 4 is 17.3 Å². The van der Waals surface area contributed by atoms with Gasteiger partial charge in [-0.15, -0.1) is 11.3 Å². The van der Waals surface area contributed by atoms with E-state index in [1.54, 1.807) is 11.3 Å². The van der Waals surface area contributed by atoms with Crippen LogP contribution in [0.3, 0.4) is 0 Å². The molecule has 1 heterocycles. The van der Waals surface area contributed by atoms with Gasteiger partial charge in [-0.05, 0) is 51.8 Å². The molecule has 0 spiro atoms. The second-order valence-electron chi connectivity index (χ2n) is 6.15. The highest BCUT2D eigenvalue weighted by molar-refractivity contribution is 7.11. The fourth-order valence-electron chi connectivity index (χ4n) is 2.57. The van der Waals surface area contributed by atoms with Gasteiger partial charge in [0.05, 0.1) is 23.9 Å². The Labute approximate surface area is 160 Å². The van der Waals surface area contributed by atoms with Crippen molar-refractivity contribution in [2.75, 3.05) is 19.7 Å². The van der Waals surface area contributed by atoms with Crippen molar-refractivity contribution in [2.24, 2.45) is 4.99 Å². The van der Waals surface area contributed by atoms with Crippen molar-refractivity contribution < 1.29 is 4.74 Å². The van der Waals surface area contributed by atoms with E-state index in [-0.39, 0.29) is 0 Å². The third-order valence-corrected chi connectivity index (χ3v) is 5.14. The van der Waals surface area contributed by atoms with Crippen LogP contribution in [0.1, 0.15) is 40.6 Å². The summed E-state index contributed by atoms with van der Waals surface area (Å²) in [5.74, 6) is 1.78. The molecule has 0 radical (unpaired) electrons. The highest BCUT2D eigenvalue weighted by atomic mass is 32.1. The fraction of sp³-hybridized carbons (Fsp3) is 0.500. The number of nitrogens with one attached hydrogen (secondary N) is 2. The van der Waals surface area contributed by atoms with Gasteiger partial charge in [0.1, 0.15) is 5.75 Å². The highest BCUT2D eigenvalue weighted by Gasteiger charge is 2.05. The van der Waals surface area contributed by atoms with Crippen molar-refractivity contribution in [3.05, 3.63) is 44.9 Å². The maximum Gasteiger partial charge on any atom is 0.191 e. The second-order valence-corrected chi connectivity index (χ2v) is 7.44. The first kappa shape index (κ1) is 20.2. The molecule has 142 valence electrons. The molecule has 0 aliphatic heterocycles. The lowest BCUT2D eigenvalue weighted by Crippen LogP contribution is -2.38. The van der Waals surface area contributed by atoms with E-state index >= 15 is 0 Å². The Morgan fingerprint density at radius 2 is 2.00 bits per heavy atom. The number of hydrogen-bond acceptors (Lipinski definition) is 4. The predicted molar refractivity (Wildman–Crippen MR) is 110 cm³/mol. The monoisotopic (exact) mass is 374 g/mol. The number of nitrogens with zero attached hydrogens (tertiary/aromatic N) is 2. The Bertz CT molecular complexity index is 720. The van der Waals surface area contributed by atoms with Gasteiger partial charge in [-0.2, -0.15) is 0 Å². The summed E-state index contributed by atoms with van der Waals surface area (Å²) in [4.78, 5) is 10.6. The summed E-state index contributed by atoms with van der Waals surface area (Å²) in [5, 5.41) is 7.87. The summed E-state index contributed by atoms with van der Waals surface area (Å²) in [7, 11) is 0. The maximum atomic E-state index is 5.60. The number of rotatable bonds is 8. The van der Waals surface area contributed by atoms with Crippen LogP contribution in [-0.4, -0.2) is 30.6 Å². The molecule has 2 aromatic rings. The minimum absolute atomic E-state index is 0.637. The number of ether oxygens (including phenoxy) is 1. The van der Waals surface area contributed by atoms with Crippen LogP contribution in [0.25, 0.3) is 0 Å². The molecule has 0 bridgehead atoms. The first-order valence-corrected chi connectivity index (χ1v) is 10.0. The van der Waals surface area contributed by atoms with Gasteiger partial charge in [0.15, 0.2) is 5.96 Å². The van der Waals surface area contributed by atoms with Gasteiger partial charge in [-0.3, -0.25) is 0 Å². The molecular weight excluding hydrogens is 344 g/mol. The molecule has 0 aliphatic carbocycles. The van der Waals surface area contributed by atoms with E-state index < -0.39 is 0 Å². The topological polar surface area (TPSA) is 58.5 Å². The Morgan fingerprint density at radius 3 is 2.62 bits per heavy atom. The molecule has 0 unspecified atom stereocenters. The van der Waals surface area contributed by atoms with E-state index in [9.17, 15) is 0 Å². The van der Waals surface area contributed by atoms with E-state index in [2.05, 4.69) is 55.4 Å². The lowest BCUT2D eigenvalue weighted by molar-refractivity contribution is 0.338. The molecule has 2 N–H and O–H groups in total. The average Bonchev–Trinajstić information content (AvgIpc) is 2.93. The molecule has 1 aromatic carbocycles. The van der Waals surface area contributed by atoms with Gasteiger partial charge < -0.3 is 15.4 Å². The zero-order valence-electron chi connectivity index (χ0n) is 16.5. The highest BCUT2D eigenvalue weighted by Crippen LogP contribution is 2.19. The van der Waals surface area contributed by atoms with Crippen LogP contribution < -0.4 is 15.4 Å². The van der Waals surface area contributed by atoms with Gasteiger partial charge in [-0.25, -0.2) is 9.98 Å². The van der Waals surface area contributed by atoms with Crippen LogP contribution in [0.5, 0.6) is 5.75 Å². The molecule has 0 fully saturated rings. The number of aliphatic imine (C=N–C) groups is 1. The van der Waals surface area contributed by atoms with Crippen molar-refractivity contribution in [1.82, 2.24) is 15.6 Å². The average molecular weight is 375 g/mol. The van der Waals surface area contributed by atoms with Crippen LogP contribution in [0, 0.1) is 20.8 Å². The molecule has 0 saturated heterocycles. The summed E-state index contributed by atoms with van der Waals surface area (Å²) < 4.78 is 5.60. The van der Waals surface area contributed by atoms with E-state index in [1.807, 2.05) is 13.0 Å². The molecular formula is C20H30N4OS. The normalized spacial score (nSPS) is 11.5. The summed E-state index contributed by atoms with van der Waals surface area (Å²) in [6.45, 7) is 13.3. The van der Waals surface area contributed by atoms with Crippen molar-refractivity contribution in [1.29, 1.82) is 0 Å². The van der Waals surface area contributed by atoms with E-state index in [0.29, 0.717) is 13.2 Å². The quantitative estimate of drug-likeness (QED) is 0.545. The number of aryl methyl sites for hydroxylation is 3. The van der Waals surface area contributed by atoms with Crippen LogP contribution in [0.4, 0.5) is 0 Å². The number of guanidine groups is 1. The van der Waals surface area contributed by atoms with Gasteiger partial charge in [-0.1, -0.05) is 12.1 Å². The molecule has 5 nitrogen and oxygen atoms in total. The van der Waals surface area contributed by atoms with Crippen molar-refractivity contribution in [3.8, 4) is 5.75 Å². The molecule has 6 heteroatoms. The zero-order chi connectivity index (χ0) is 18.9. The molecule has 1 aromatic heterocycles. The smallest absolute Gasteiger partial charge is 0.191 e. The second kappa shape index (κ2) is 10.2. The molecule has 0 amide bonds. The third kappa shape index (κ3) is 6.02. The van der Waals surface area contributed by atoms with Gasteiger partial charge >= 0.3 is 0 Å². The Kier molecular flexibility index (Phi) is 7.91. The largest absolute Gasteiger partial charge is 0.494 e. The van der Waals surface area contributed by atoms with E-state index in [0.717, 1.165) is 42.5 Å². The lowest BCUT2D eigenvalue weighted by atomic mass is 10.1. The summed E-state index contributed by atoms with van der Waals surface area (Å²) >= 11 is 1.77. The van der Waals surface area contributed by atoms with Gasteiger partial charge in [0.25, 0.3) is 0 Å². The number of thiazole rings is 1. The molecule has 0 atom stereocenters. The minimum Gasteiger partial charge on any atom is -0.494 e. The summed E-state index contributed by atoms with van der Waals surface area (Å²) in [6.07, 6.45) is 0.909. The van der Waals surface area contributed by atoms with Gasteiger partial charge in [0, 0.05) is 24.4 Å². The molecule has 2 rings (SSSR count). The predicted octanol–water partition coefficient (Wildman–Crippen LogP) is 3.76. The minimum atomic E-state index is 0.637. The number of benzene rings is 1. The van der Waals surface area contributed by atoms with Crippen LogP contribution in [-0.2, 0) is 13.0 Å². The molecule has 0 saturated carbocycles. The molecule has 26 heavy (non-hydrogen) atoms. The van der Waals surface area contributed by atoms with Crippen molar-refractivity contribution in [2.45, 2.75) is 47.6 Å². The van der Waals surface area contributed by atoms with Crippen molar-refractivity contribution in [3.63, 3.8) is 0 Å². The van der Waals surface area contributed by atoms with E-state index in [1.165, 1.54) is 15.4 Å². The van der Waals surface area contributed by atoms with Crippen LogP contribution in [0.15, 0.2) is 23.2 Å². The summed E-state index contributed by atoms with van der Waals surface area (Å²) in [5.41, 5.74) is 3.46. The Morgan fingerprint density at radius 1 is 1.19 bits per heavy atom. The lowest BCUT2D eigenvalue weighted by Gasteiger charge is -2.11. The van der Waals surface area contributed by atoms with Gasteiger partial charge in [0.2, 0.25) is 0 Å². The first-order chi connectivity index (χ1) is 12.5. The Balaban J connectivity index is 1.92. The van der Waals surface area contributed by atoms with Crippen LogP contribution in [0.2, 0.25) is 0 Å². The number of hydrogen-bond donors (Lipinski definition) is 2. The Hall–Kier alpha value is -2.08.